The van der Waals surface area contributed by atoms with E-state index >= 15 is 0 Å². The number of pyridine rings is 1. The molecule has 3 atom stereocenters. The number of aliphatic hydroxyl groups is 1. The molecule has 1 aliphatic heterocycles. The summed E-state index contributed by atoms with van der Waals surface area (Å²) < 4.78 is 11.3. The first-order valence-corrected chi connectivity index (χ1v) is 8.67. The number of hydrogen-bond donors (Lipinski definition) is 3. The molecule has 0 aliphatic carbocycles. The third-order valence-corrected chi connectivity index (χ3v) is 3.66. The van der Waals surface area contributed by atoms with Gasteiger partial charge in [0.25, 0.3) is 0 Å². The summed E-state index contributed by atoms with van der Waals surface area (Å²) in [5, 5.41) is 12.0. The molecular formula is C18H27N3O5. The zero-order valence-corrected chi connectivity index (χ0v) is 15.2. The number of carbonyl (C=O) groups excluding carboxylic acids is 1. The van der Waals surface area contributed by atoms with Crippen molar-refractivity contribution in [2.75, 3.05) is 19.8 Å². The molecule has 2 unspecified atom stereocenters. The Morgan fingerprint density at radius 3 is 2.96 bits per heavy atom. The van der Waals surface area contributed by atoms with Gasteiger partial charge in [-0.1, -0.05) is 18.2 Å². The SMILES string of the molecule is CC(=O)NC1C=CC(CO)O[C@H]1OCCCNOCc1cncc(C)c1. The third kappa shape index (κ3) is 7.19. The number of aryl methyl sites for hydroxylation is 1. The van der Waals surface area contributed by atoms with Crippen molar-refractivity contribution < 1.29 is 24.2 Å². The van der Waals surface area contributed by atoms with Gasteiger partial charge in [-0.2, -0.15) is 0 Å². The van der Waals surface area contributed by atoms with Gasteiger partial charge in [-0.3, -0.25) is 14.6 Å². The van der Waals surface area contributed by atoms with E-state index in [1.165, 1.54) is 6.92 Å². The van der Waals surface area contributed by atoms with Crippen LogP contribution in [-0.2, 0) is 25.7 Å². The van der Waals surface area contributed by atoms with Crippen molar-refractivity contribution >= 4 is 5.91 Å². The molecule has 0 saturated heterocycles. The van der Waals surface area contributed by atoms with Crippen LogP contribution in [0.1, 0.15) is 24.5 Å². The van der Waals surface area contributed by atoms with E-state index < -0.39 is 12.4 Å². The Morgan fingerprint density at radius 2 is 2.23 bits per heavy atom. The summed E-state index contributed by atoms with van der Waals surface area (Å²) in [6.07, 6.45) is 6.73. The van der Waals surface area contributed by atoms with E-state index in [9.17, 15) is 9.90 Å². The molecule has 2 rings (SSSR count). The van der Waals surface area contributed by atoms with Crippen molar-refractivity contribution in [2.45, 2.75) is 45.3 Å². The van der Waals surface area contributed by atoms with Gasteiger partial charge in [-0.15, -0.1) is 0 Å². The number of hydrogen-bond acceptors (Lipinski definition) is 7. The van der Waals surface area contributed by atoms with E-state index in [-0.39, 0.29) is 18.6 Å². The Labute approximate surface area is 153 Å². The number of rotatable bonds is 10. The number of aromatic nitrogens is 1. The number of ether oxygens (including phenoxy) is 2. The smallest absolute Gasteiger partial charge is 0.217 e. The van der Waals surface area contributed by atoms with Crippen molar-refractivity contribution in [3.8, 4) is 0 Å². The van der Waals surface area contributed by atoms with Crippen LogP contribution in [-0.4, -0.2) is 54.2 Å². The third-order valence-electron chi connectivity index (χ3n) is 3.66. The summed E-state index contributed by atoms with van der Waals surface area (Å²) in [5.41, 5.74) is 4.98. The van der Waals surface area contributed by atoms with Gasteiger partial charge in [-0.05, 0) is 24.5 Å². The van der Waals surface area contributed by atoms with Gasteiger partial charge in [0.05, 0.1) is 25.9 Å². The van der Waals surface area contributed by atoms with E-state index in [0.29, 0.717) is 26.2 Å². The van der Waals surface area contributed by atoms with Crippen LogP contribution in [0.25, 0.3) is 0 Å². The van der Waals surface area contributed by atoms with Crippen LogP contribution in [0, 0.1) is 6.92 Å². The van der Waals surface area contributed by atoms with Gasteiger partial charge in [-0.25, -0.2) is 5.48 Å². The highest BCUT2D eigenvalue weighted by Gasteiger charge is 2.28. The van der Waals surface area contributed by atoms with E-state index in [2.05, 4.69) is 15.8 Å². The Morgan fingerprint density at radius 1 is 1.38 bits per heavy atom. The van der Waals surface area contributed by atoms with Crippen molar-refractivity contribution in [3.63, 3.8) is 0 Å². The molecule has 0 aromatic carbocycles. The first-order chi connectivity index (χ1) is 12.6. The lowest BCUT2D eigenvalue weighted by molar-refractivity contribution is -0.183. The van der Waals surface area contributed by atoms with Crippen LogP contribution in [0.15, 0.2) is 30.6 Å². The highest BCUT2D eigenvalue weighted by molar-refractivity contribution is 5.73. The standard InChI is InChI=1S/C18H27N3O5/c1-13-8-15(10-19-9-13)12-25-20-6-3-7-24-18-17(21-14(2)23)5-4-16(11-22)26-18/h4-5,8-10,16-18,20,22H,3,6-7,11-12H2,1-2H3,(H,21,23)/t16?,17?,18-/m1/s1. The quantitative estimate of drug-likeness (QED) is 0.317. The van der Waals surface area contributed by atoms with E-state index in [1.807, 2.05) is 13.0 Å². The largest absolute Gasteiger partial charge is 0.393 e. The van der Waals surface area contributed by atoms with Crippen LogP contribution in [0.5, 0.6) is 0 Å². The van der Waals surface area contributed by atoms with Gasteiger partial charge in [0.15, 0.2) is 6.29 Å². The van der Waals surface area contributed by atoms with Crippen LogP contribution in [0.4, 0.5) is 0 Å². The molecule has 1 aromatic rings. The van der Waals surface area contributed by atoms with Gasteiger partial charge in [0, 0.05) is 25.9 Å². The lowest BCUT2D eigenvalue weighted by Crippen LogP contribution is -2.48. The average molecular weight is 365 g/mol. The van der Waals surface area contributed by atoms with Crippen LogP contribution in [0.3, 0.4) is 0 Å². The molecule has 8 nitrogen and oxygen atoms in total. The second kappa shape index (κ2) is 11.0. The maximum Gasteiger partial charge on any atom is 0.217 e. The van der Waals surface area contributed by atoms with Gasteiger partial charge in [0.2, 0.25) is 5.91 Å². The monoisotopic (exact) mass is 365 g/mol. The minimum Gasteiger partial charge on any atom is -0.393 e. The van der Waals surface area contributed by atoms with Crippen molar-refractivity contribution in [2.24, 2.45) is 0 Å². The first-order valence-electron chi connectivity index (χ1n) is 8.67. The molecule has 0 bridgehead atoms. The van der Waals surface area contributed by atoms with Crippen molar-refractivity contribution in [1.29, 1.82) is 0 Å². The fraction of sp³-hybridized carbons (Fsp3) is 0.556. The van der Waals surface area contributed by atoms with E-state index in [0.717, 1.165) is 11.1 Å². The molecule has 3 N–H and O–H groups in total. The van der Waals surface area contributed by atoms with Gasteiger partial charge < -0.3 is 19.9 Å². The molecule has 0 fully saturated rings. The molecule has 2 heterocycles. The highest BCUT2D eigenvalue weighted by atomic mass is 16.7. The first kappa shape index (κ1) is 20.5. The Bertz CT molecular complexity index is 596. The number of carbonyl (C=O) groups is 1. The second-order valence-electron chi connectivity index (χ2n) is 6.11. The number of nitrogens with one attached hydrogen (secondary N) is 2. The summed E-state index contributed by atoms with van der Waals surface area (Å²) in [6.45, 7) is 4.76. The van der Waals surface area contributed by atoms with E-state index in [1.54, 1.807) is 24.5 Å². The van der Waals surface area contributed by atoms with E-state index in [4.69, 9.17) is 14.3 Å². The van der Waals surface area contributed by atoms with Crippen molar-refractivity contribution in [1.82, 2.24) is 15.8 Å². The molecule has 1 aliphatic rings. The normalized spacial score (nSPS) is 22.3. The zero-order valence-electron chi connectivity index (χ0n) is 15.2. The minimum absolute atomic E-state index is 0.133. The molecule has 1 aromatic heterocycles. The van der Waals surface area contributed by atoms with Crippen LogP contribution < -0.4 is 10.8 Å². The summed E-state index contributed by atoms with van der Waals surface area (Å²) in [7, 11) is 0. The number of hydroxylamine groups is 1. The molecule has 1 amide bonds. The molecule has 0 spiro atoms. The molecule has 0 radical (unpaired) electrons. The topological polar surface area (TPSA) is 102 Å². The molecule has 26 heavy (non-hydrogen) atoms. The lowest BCUT2D eigenvalue weighted by Gasteiger charge is -2.31. The number of aliphatic hydroxyl groups excluding tert-OH is 1. The second-order valence-corrected chi connectivity index (χ2v) is 6.11. The fourth-order valence-electron chi connectivity index (χ4n) is 2.48. The molecular weight excluding hydrogens is 338 g/mol. The number of nitrogens with zero attached hydrogens (tertiary/aromatic N) is 1. The fourth-order valence-corrected chi connectivity index (χ4v) is 2.48. The summed E-state index contributed by atoms with van der Waals surface area (Å²) in [6, 6.07) is 1.65. The van der Waals surface area contributed by atoms with Crippen LogP contribution in [0.2, 0.25) is 0 Å². The van der Waals surface area contributed by atoms with Gasteiger partial charge >= 0.3 is 0 Å². The summed E-state index contributed by atoms with van der Waals surface area (Å²) >= 11 is 0. The summed E-state index contributed by atoms with van der Waals surface area (Å²) in [4.78, 5) is 20.8. The predicted octanol–water partition coefficient (Wildman–Crippen LogP) is 0.596. The lowest BCUT2D eigenvalue weighted by atomic mass is 10.1. The highest BCUT2D eigenvalue weighted by Crippen LogP contribution is 2.14. The Balaban J connectivity index is 1.63. The minimum atomic E-state index is -0.625. The number of amides is 1. The predicted molar refractivity (Wildman–Crippen MR) is 94.8 cm³/mol. The summed E-state index contributed by atoms with van der Waals surface area (Å²) in [5.74, 6) is -0.167. The Hall–Kier alpha value is -1.84. The van der Waals surface area contributed by atoms with Crippen LogP contribution >= 0.6 is 0 Å². The molecule has 8 heteroatoms. The zero-order chi connectivity index (χ0) is 18.8. The van der Waals surface area contributed by atoms with Gasteiger partial charge in [0.1, 0.15) is 6.10 Å². The van der Waals surface area contributed by atoms with Crippen molar-refractivity contribution in [3.05, 3.63) is 41.7 Å². The maximum atomic E-state index is 11.3. The maximum absolute atomic E-state index is 11.3. The molecule has 144 valence electrons. The Kier molecular flexibility index (Phi) is 8.66. The molecule has 0 saturated carbocycles. The average Bonchev–Trinajstić information content (AvgIpc) is 2.61.